The molecule has 0 unspecified atom stereocenters. The van der Waals surface area contributed by atoms with Crippen LogP contribution in [0.1, 0.15) is 10.5 Å². The lowest BCUT2D eigenvalue weighted by atomic mass is 10.1. The fourth-order valence-corrected chi connectivity index (χ4v) is 2.86. The Hall–Kier alpha value is -3.93. The number of benzene rings is 3. The molecule has 0 fully saturated rings. The fourth-order valence-electron chi connectivity index (χ4n) is 2.86. The molecule has 1 amide bonds. The number of hydrogen-bond donors (Lipinski definition) is 2. The molecule has 1 heterocycles. The van der Waals surface area contributed by atoms with E-state index in [2.05, 4.69) is 10.4 Å². The van der Waals surface area contributed by atoms with Crippen molar-refractivity contribution in [2.24, 2.45) is 0 Å². The van der Waals surface area contributed by atoms with Crippen LogP contribution in [0, 0.1) is 0 Å². The summed E-state index contributed by atoms with van der Waals surface area (Å²) in [6.07, 6.45) is 0. The molecule has 132 valence electrons. The Labute approximate surface area is 154 Å². The number of para-hydroxylation sites is 3. The fraction of sp³-hybridized carbons (Fsp3) is 0. The standard InChI is InChI=1S/C21H15N3O3/c25-18-13-7-6-12-17(18)22-20(26)19-15-10-4-5-11-16(15)21(27)24(23-19)14-8-2-1-3-9-14/h1-13,25H,(H,22,26). The molecule has 0 aliphatic rings. The Morgan fingerprint density at radius 3 is 2.22 bits per heavy atom. The molecule has 2 N–H and O–H groups in total. The number of phenols is 1. The summed E-state index contributed by atoms with van der Waals surface area (Å²) in [7, 11) is 0. The van der Waals surface area contributed by atoms with E-state index in [-0.39, 0.29) is 22.7 Å². The van der Waals surface area contributed by atoms with Crippen LogP contribution in [-0.4, -0.2) is 20.8 Å². The summed E-state index contributed by atoms with van der Waals surface area (Å²) in [5.74, 6) is -0.566. The Kier molecular flexibility index (Phi) is 4.14. The molecule has 0 bridgehead atoms. The summed E-state index contributed by atoms with van der Waals surface area (Å²) in [6, 6.07) is 22.2. The van der Waals surface area contributed by atoms with Gasteiger partial charge in [-0.05, 0) is 30.3 Å². The lowest BCUT2D eigenvalue weighted by molar-refractivity contribution is 0.102. The zero-order chi connectivity index (χ0) is 18.8. The predicted molar refractivity (Wildman–Crippen MR) is 103 cm³/mol. The zero-order valence-corrected chi connectivity index (χ0v) is 14.2. The molecule has 3 aromatic carbocycles. The van der Waals surface area contributed by atoms with Crippen molar-refractivity contribution in [2.45, 2.75) is 0 Å². The number of aromatic nitrogens is 2. The van der Waals surface area contributed by atoms with Crippen molar-refractivity contribution >= 4 is 22.4 Å². The van der Waals surface area contributed by atoms with Gasteiger partial charge in [0.05, 0.1) is 16.8 Å². The quantitative estimate of drug-likeness (QED) is 0.551. The molecule has 4 rings (SSSR count). The Morgan fingerprint density at radius 1 is 0.852 bits per heavy atom. The molecule has 0 spiro atoms. The van der Waals surface area contributed by atoms with Gasteiger partial charge >= 0.3 is 0 Å². The SMILES string of the molecule is O=C(Nc1ccccc1O)c1nn(-c2ccccc2)c(=O)c2ccccc12. The molecule has 0 aliphatic carbocycles. The van der Waals surface area contributed by atoms with Crippen LogP contribution in [0.15, 0.2) is 83.7 Å². The van der Waals surface area contributed by atoms with E-state index in [1.807, 2.05) is 6.07 Å². The average Bonchev–Trinajstić information content (AvgIpc) is 2.71. The number of hydrogen-bond acceptors (Lipinski definition) is 4. The van der Waals surface area contributed by atoms with Crippen LogP contribution in [0.2, 0.25) is 0 Å². The van der Waals surface area contributed by atoms with Gasteiger partial charge in [0.2, 0.25) is 0 Å². The number of carbonyl (C=O) groups is 1. The van der Waals surface area contributed by atoms with Gasteiger partial charge in [-0.25, -0.2) is 0 Å². The van der Waals surface area contributed by atoms with Crippen molar-refractivity contribution in [1.82, 2.24) is 9.78 Å². The van der Waals surface area contributed by atoms with E-state index in [0.717, 1.165) is 0 Å². The highest BCUT2D eigenvalue weighted by Gasteiger charge is 2.18. The van der Waals surface area contributed by atoms with E-state index < -0.39 is 5.91 Å². The normalized spacial score (nSPS) is 10.7. The molecule has 4 aromatic rings. The van der Waals surface area contributed by atoms with Crippen molar-refractivity contribution in [3.8, 4) is 11.4 Å². The first kappa shape index (κ1) is 16.5. The van der Waals surface area contributed by atoms with Crippen LogP contribution >= 0.6 is 0 Å². The summed E-state index contributed by atoms with van der Waals surface area (Å²) in [5.41, 5.74) is 0.615. The third kappa shape index (κ3) is 3.04. The van der Waals surface area contributed by atoms with Gasteiger partial charge < -0.3 is 10.4 Å². The minimum Gasteiger partial charge on any atom is -0.506 e. The van der Waals surface area contributed by atoms with E-state index in [4.69, 9.17) is 0 Å². The maximum Gasteiger partial charge on any atom is 0.279 e. The lowest BCUT2D eigenvalue weighted by Crippen LogP contribution is -2.26. The maximum absolute atomic E-state index is 12.9. The first-order chi connectivity index (χ1) is 13.1. The number of fused-ring (bicyclic) bond motifs is 1. The summed E-state index contributed by atoms with van der Waals surface area (Å²) in [6.45, 7) is 0. The van der Waals surface area contributed by atoms with Gasteiger partial charge in [-0.15, -0.1) is 0 Å². The molecule has 0 saturated carbocycles. The van der Waals surface area contributed by atoms with Crippen LogP contribution in [-0.2, 0) is 0 Å². The summed E-state index contributed by atoms with van der Waals surface area (Å²) < 4.78 is 1.21. The van der Waals surface area contributed by atoms with Gasteiger partial charge in [0.25, 0.3) is 11.5 Å². The second-order valence-corrected chi connectivity index (χ2v) is 5.92. The Balaban J connectivity index is 1.89. The highest BCUT2D eigenvalue weighted by molar-refractivity contribution is 6.11. The van der Waals surface area contributed by atoms with E-state index >= 15 is 0 Å². The molecule has 0 saturated heterocycles. The summed E-state index contributed by atoms with van der Waals surface area (Å²) in [5, 5.41) is 17.7. The van der Waals surface area contributed by atoms with Gasteiger partial charge in [0, 0.05) is 5.39 Å². The number of amides is 1. The van der Waals surface area contributed by atoms with Crippen molar-refractivity contribution in [2.75, 3.05) is 5.32 Å². The molecule has 0 aliphatic heterocycles. The van der Waals surface area contributed by atoms with E-state index in [0.29, 0.717) is 16.5 Å². The van der Waals surface area contributed by atoms with Gasteiger partial charge in [-0.2, -0.15) is 9.78 Å². The minimum absolute atomic E-state index is 0.0495. The Morgan fingerprint density at radius 2 is 1.48 bits per heavy atom. The number of anilines is 1. The van der Waals surface area contributed by atoms with Gasteiger partial charge in [0.15, 0.2) is 5.69 Å². The molecule has 1 aromatic heterocycles. The van der Waals surface area contributed by atoms with Gasteiger partial charge in [0.1, 0.15) is 5.75 Å². The third-order valence-corrected chi connectivity index (χ3v) is 4.17. The third-order valence-electron chi connectivity index (χ3n) is 4.17. The summed E-state index contributed by atoms with van der Waals surface area (Å²) >= 11 is 0. The van der Waals surface area contributed by atoms with Crippen molar-refractivity contribution in [3.05, 3.63) is 94.9 Å². The largest absolute Gasteiger partial charge is 0.506 e. The van der Waals surface area contributed by atoms with E-state index in [9.17, 15) is 14.7 Å². The number of nitrogens with one attached hydrogen (secondary N) is 1. The topological polar surface area (TPSA) is 84.2 Å². The van der Waals surface area contributed by atoms with Crippen LogP contribution < -0.4 is 10.9 Å². The average molecular weight is 357 g/mol. The van der Waals surface area contributed by atoms with E-state index in [1.54, 1.807) is 66.7 Å². The molecule has 27 heavy (non-hydrogen) atoms. The molecule has 0 atom stereocenters. The van der Waals surface area contributed by atoms with Crippen molar-refractivity contribution < 1.29 is 9.90 Å². The van der Waals surface area contributed by atoms with Crippen LogP contribution in [0.4, 0.5) is 5.69 Å². The van der Waals surface area contributed by atoms with Gasteiger partial charge in [-0.3, -0.25) is 9.59 Å². The van der Waals surface area contributed by atoms with Crippen LogP contribution in [0.3, 0.4) is 0 Å². The lowest BCUT2D eigenvalue weighted by Gasteiger charge is -2.12. The number of nitrogens with zero attached hydrogens (tertiary/aromatic N) is 2. The smallest absolute Gasteiger partial charge is 0.279 e. The highest BCUT2D eigenvalue weighted by atomic mass is 16.3. The zero-order valence-electron chi connectivity index (χ0n) is 14.2. The predicted octanol–water partition coefficient (Wildman–Crippen LogP) is 3.34. The summed E-state index contributed by atoms with van der Waals surface area (Å²) in [4.78, 5) is 25.7. The molecule has 6 nitrogen and oxygen atoms in total. The van der Waals surface area contributed by atoms with Crippen LogP contribution in [0.25, 0.3) is 16.5 Å². The van der Waals surface area contributed by atoms with Crippen molar-refractivity contribution in [3.63, 3.8) is 0 Å². The Bertz CT molecular complexity index is 1200. The maximum atomic E-state index is 12.9. The second kappa shape index (κ2) is 6.76. The first-order valence-electron chi connectivity index (χ1n) is 8.32. The number of rotatable bonds is 3. The molecular formula is C21H15N3O3. The van der Waals surface area contributed by atoms with Crippen LogP contribution in [0.5, 0.6) is 5.75 Å². The number of aromatic hydroxyl groups is 1. The monoisotopic (exact) mass is 357 g/mol. The first-order valence-corrected chi connectivity index (χ1v) is 8.32. The minimum atomic E-state index is -0.516. The van der Waals surface area contributed by atoms with Crippen molar-refractivity contribution in [1.29, 1.82) is 0 Å². The van der Waals surface area contributed by atoms with E-state index in [1.165, 1.54) is 10.7 Å². The molecular weight excluding hydrogens is 342 g/mol. The second-order valence-electron chi connectivity index (χ2n) is 5.92. The molecule has 0 radical (unpaired) electrons. The number of carbonyl (C=O) groups excluding carboxylic acids is 1. The molecule has 6 heteroatoms. The number of phenolic OH excluding ortho intramolecular Hbond substituents is 1. The van der Waals surface area contributed by atoms with Gasteiger partial charge in [-0.1, -0.05) is 48.5 Å². The highest BCUT2D eigenvalue weighted by Crippen LogP contribution is 2.23.